The number of benzene rings is 1. The Labute approximate surface area is 186 Å². The van der Waals surface area contributed by atoms with E-state index in [-0.39, 0.29) is 41.0 Å². The molecule has 6 nitrogen and oxygen atoms in total. The summed E-state index contributed by atoms with van der Waals surface area (Å²) < 4.78 is 38.4. The molecule has 162 valence electrons. The molecule has 0 saturated heterocycles. The molecule has 0 heterocycles. The number of guanidine groups is 1. The third kappa shape index (κ3) is 9.04. The number of nitrogens with zero attached hydrogens (tertiary/aromatic N) is 2. The summed E-state index contributed by atoms with van der Waals surface area (Å²) >= 11 is 0. The average molecular weight is 528 g/mol. The van der Waals surface area contributed by atoms with E-state index in [4.69, 9.17) is 0 Å². The fraction of sp³-hybridized carbons (Fsp3) is 0.632. The van der Waals surface area contributed by atoms with Crippen LogP contribution in [0, 0.1) is 5.82 Å². The van der Waals surface area contributed by atoms with Gasteiger partial charge in [-0.3, -0.25) is 4.99 Å². The highest BCUT2D eigenvalue weighted by Crippen LogP contribution is 2.24. The van der Waals surface area contributed by atoms with Gasteiger partial charge in [-0.1, -0.05) is 26.0 Å². The molecule has 1 aromatic carbocycles. The van der Waals surface area contributed by atoms with Crippen LogP contribution in [0.5, 0.6) is 0 Å². The average Bonchev–Trinajstić information content (AvgIpc) is 2.62. The minimum absolute atomic E-state index is 0. The maximum absolute atomic E-state index is 13.5. The normalized spacial score (nSPS) is 12.6. The van der Waals surface area contributed by atoms with Crippen LogP contribution in [0.2, 0.25) is 0 Å². The molecule has 0 amide bonds. The first-order valence-electron chi connectivity index (χ1n) is 9.34. The van der Waals surface area contributed by atoms with Crippen molar-refractivity contribution in [3.63, 3.8) is 0 Å². The summed E-state index contributed by atoms with van der Waals surface area (Å²) in [6.07, 6.45) is 0.674. The quantitative estimate of drug-likeness (QED) is 0.212. The lowest BCUT2D eigenvalue weighted by atomic mass is 9.85. The van der Waals surface area contributed by atoms with Crippen molar-refractivity contribution in [3.05, 3.63) is 35.6 Å². The molecule has 0 radical (unpaired) electrons. The molecule has 0 fully saturated rings. The Kier molecular flexibility index (Phi) is 12.2. The van der Waals surface area contributed by atoms with E-state index in [1.807, 2.05) is 26.8 Å². The summed E-state index contributed by atoms with van der Waals surface area (Å²) in [6, 6.07) is 6.59. The number of nitrogens with one attached hydrogen (secondary N) is 2. The van der Waals surface area contributed by atoms with Crippen molar-refractivity contribution < 1.29 is 12.8 Å². The van der Waals surface area contributed by atoms with Gasteiger partial charge in [-0.15, -0.1) is 24.0 Å². The van der Waals surface area contributed by atoms with Gasteiger partial charge in [-0.05, 0) is 38.0 Å². The van der Waals surface area contributed by atoms with Gasteiger partial charge in [0.2, 0.25) is 10.0 Å². The Hall–Kier alpha value is -0.940. The third-order valence-electron chi connectivity index (χ3n) is 4.36. The van der Waals surface area contributed by atoms with Gasteiger partial charge in [-0.2, -0.15) is 0 Å². The molecule has 0 aliphatic rings. The maximum atomic E-state index is 13.5. The van der Waals surface area contributed by atoms with Crippen LogP contribution in [0.15, 0.2) is 29.3 Å². The van der Waals surface area contributed by atoms with E-state index in [0.29, 0.717) is 32.0 Å². The molecule has 1 rings (SSSR count). The van der Waals surface area contributed by atoms with Crippen LogP contribution in [0.1, 0.15) is 39.7 Å². The van der Waals surface area contributed by atoms with Crippen LogP contribution in [0.4, 0.5) is 4.39 Å². The Balaban J connectivity index is 0.00000729. The Morgan fingerprint density at radius 2 is 1.93 bits per heavy atom. The molecule has 0 spiro atoms. The molecular weight excluding hydrogens is 494 g/mol. The van der Waals surface area contributed by atoms with Crippen LogP contribution < -0.4 is 10.6 Å². The lowest BCUT2D eigenvalue weighted by Crippen LogP contribution is -2.40. The van der Waals surface area contributed by atoms with Crippen molar-refractivity contribution in [2.75, 3.05) is 39.0 Å². The number of hydrogen-bond donors (Lipinski definition) is 2. The summed E-state index contributed by atoms with van der Waals surface area (Å²) in [5, 5.41) is 6.40. The first kappa shape index (κ1) is 27.1. The summed E-state index contributed by atoms with van der Waals surface area (Å²) in [6.45, 7) is 9.95. The van der Waals surface area contributed by atoms with E-state index in [2.05, 4.69) is 15.6 Å². The first-order valence-corrected chi connectivity index (χ1v) is 11.0. The van der Waals surface area contributed by atoms with Crippen molar-refractivity contribution in [2.45, 2.75) is 39.5 Å². The van der Waals surface area contributed by atoms with Crippen molar-refractivity contribution in [3.8, 4) is 0 Å². The van der Waals surface area contributed by atoms with Gasteiger partial charge in [0.05, 0.1) is 12.3 Å². The number of rotatable bonds is 10. The molecule has 0 unspecified atom stereocenters. The Morgan fingerprint density at radius 1 is 1.25 bits per heavy atom. The van der Waals surface area contributed by atoms with Gasteiger partial charge >= 0.3 is 0 Å². The molecule has 9 heteroatoms. The smallest absolute Gasteiger partial charge is 0.213 e. The molecule has 0 aliphatic carbocycles. The fourth-order valence-corrected chi connectivity index (χ4v) is 3.34. The zero-order chi connectivity index (χ0) is 20.5. The van der Waals surface area contributed by atoms with Crippen molar-refractivity contribution in [1.82, 2.24) is 14.9 Å². The molecule has 0 bridgehead atoms. The molecule has 28 heavy (non-hydrogen) atoms. The molecule has 0 aromatic heterocycles. The predicted octanol–water partition coefficient (Wildman–Crippen LogP) is 2.95. The van der Waals surface area contributed by atoms with Gasteiger partial charge in [0.15, 0.2) is 5.96 Å². The largest absolute Gasteiger partial charge is 0.357 e. The van der Waals surface area contributed by atoms with E-state index in [1.54, 1.807) is 26.1 Å². The van der Waals surface area contributed by atoms with Crippen LogP contribution in [-0.4, -0.2) is 57.7 Å². The number of halogens is 2. The standard InChI is InChI=1S/C19H33FN4O2S.HI/c1-6-21-18(22-12-9-13-24(5)27(25,26)7-2)23-15-19(3,4)16-10-8-11-17(20)14-16;/h8,10-11,14H,6-7,9,12-13,15H2,1-5H3,(H2,21,22,23);1H. The summed E-state index contributed by atoms with van der Waals surface area (Å²) in [5.74, 6) is 0.527. The lowest BCUT2D eigenvalue weighted by molar-refractivity contribution is 0.461. The summed E-state index contributed by atoms with van der Waals surface area (Å²) in [5.41, 5.74) is 0.591. The van der Waals surface area contributed by atoms with Crippen LogP contribution >= 0.6 is 24.0 Å². The maximum Gasteiger partial charge on any atom is 0.213 e. The van der Waals surface area contributed by atoms with Crippen molar-refractivity contribution in [2.24, 2.45) is 4.99 Å². The second-order valence-electron chi connectivity index (χ2n) is 7.09. The molecule has 1 aromatic rings. The second kappa shape index (κ2) is 12.6. The highest BCUT2D eigenvalue weighted by Gasteiger charge is 2.21. The molecule has 2 N–H and O–H groups in total. The van der Waals surface area contributed by atoms with E-state index in [0.717, 1.165) is 12.1 Å². The Bertz CT molecular complexity index is 726. The van der Waals surface area contributed by atoms with Crippen LogP contribution in [0.25, 0.3) is 0 Å². The summed E-state index contributed by atoms with van der Waals surface area (Å²) in [7, 11) is -1.55. The fourth-order valence-electron chi connectivity index (χ4n) is 2.49. The Morgan fingerprint density at radius 3 is 2.50 bits per heavy atom. The second-order valence-corrected chi connectivity index (χ2v) is 9.46. The van der Waals surface area contributed by atoms with E-state index >= 15 is 0 Å². The van der Waals surface area contributed by atoms with E-state index < -0.39 is 10.0 Å². The van der Waals surface area contributed by atoms with Gasteiger partial charge in [0, 0.05) is 32.1 Å². The number of sulfonamides is 1. The predicted molar refractivity (Wildman–Crippen MR) is 126 cm³/mol. The number of hydrogen-bond acceptors (Lipinski definition) is 3. The molecule has 0 atom stereocenters. The minimum atomic E-state index is -3.14. The SMILES string of the molecule is CCNC(=NCC(C)(C)c1cccc(F)c1)NCCCN(C)S(=O)(=O)CC.I. The molecule has 0 aliphatic heterocycles. The number of aliphatic imine (C=N–C) groups is 1. The van der Waals surface area contributed by atoms with Gasteiger partial charge in [0.25, 0.3) is 0 Å². The third-order valence-corrected chi connectivity index (χ3v) is 6.23. The van der Waals surface area contributed by atoms with Crippen LogP contribution in [0.3, 0.4) is 0 Å². The highest BCUT2D eigenvalue weighted by atomic mass is 127. The molecular formula is C19H34FIN4O2S. The monoisotopic (exact) mass is 528 g/mol. The zero-order valence-corrected chi connectivity index (χ0v) is 20.6. The van der Waals surface area contributed by atoms with E-state index in [1.165, 1.54) is 10.4 Å². The van der Waals surface area contributed by atoms with E-state index in [9.17, 15) is 12.8 Å². The topological polar surface area (TPSA) is 73.8 Å². The zero-order valence-electron chi connectivity index (χ0n) is 17.5. The summed E-state index contributed by atoms with van der Waals surface area (Å²) in [4.78, 5) is 4.61. The first-order chi connectivity index (χ1) is 12.6. The minimum Gasteiger partial charge on any atom is -0.357 e. The van der Waals surface area contributed by atoms with Gasteiger partial charge in [0.1, 0.15) is 5.82 Å². The van der Waals surface area contributed by atoms with Gasteiger partial charge < -0.3 is 10.6 Å². The van der Waals surface area contributed by atoms with Crippen LogP contribution in [-0.2, 0) is 15.4 Å². The lowest BCUT2D eigenvalue weighted by Gasteiger charge is -2.24. The van der Waals surface area contributed by atoms with Gasteiger partial charge in [-0.25, -0.2) is 17.1 Å². The highest BCUT2D eigenvalue weighted by molar-refractivity contribution is 14.0. The molecule has 0 saturated carbocycles. The van der Waals surface area contributed by atoms with Crippen molar-refractivity contribution in [1.29, 1.82) is 0 Å². The van der Waals surface area contributed by atoms with Crippen molar-refractivity contribution >= 4 is 40.0 Å².